The molecule has 1 unspecified atom stereocenters. The minimum atomic E-state index is 0.336. The largest absolute Gasteiger partial charge is 0.496 e. The Morgan fingerprint density at radius 1 is 1.33 bits per heavy atom. The van der Waals surface area contributed by atoms with Crippen molar-refractivity contribution in [1.29, 1.82) is 0 Å². The fourth-order valence-corrected chi connectivity index (χ4v) is 3.66. The molecule has 0 bridgehead atoms. The summed E-state index contributed by atoms with van der Waals surface area (Å²) in [5.74, 6) is 0.977. The summed E-state index contributed by atoms with van der Waals surface area (Å²) in [7, 11) is 3.80. The number of hydrogen-bond donors (Lipinski definition) is 1. The normalized spacial score (nSPS) is 19.8. The Morgan fingerprint density at radius 3 is 2.56 bits per heavy atom. The van der Waals surface area contributed by atoms with Crippen LogP contribution in [0.15, 0.2) is 22.7 Å². The average Bonchev–Trinajstić information content (AvgIpc) is 2.78. The highest BCUT2D eigenvalue weighted by atomic mass is 79.9. The molecule has 0 spiro atoms. The van der Waals surface area contributed by atoms with Gasteiger partial charge < -0.3 is 10.1 Å². The van der Waals surface area contributed by atoms with Crippen molar-refractivity contribution in [2.45, 2.75) is 38.6 Å². The van der Waals surface area contributed by atoms with Crippen LogP contribution in [-0.4, -0.2) is 14.2 Å². The van der Waals surface area contributed by atoms with Gasteiger partial charge in [-0.3, -0.25) is 0 Å². The van der Waals surface area contributed by atoms with Gasteiger partial charge in [-0.25, -0.2) is 0 Å². The van der Waals surface area contributed by atoms with Crippen molar-refractivity contribution in [1.82, 2.24) is 5.32 Å². The summed E-state index contributed by atoms with van der Waals surface area (Å²) in [6, 6.07) is 6.62. The van der Waals surface area contributed by atoms with E-state index in [1.165, 1.54) is 31.2 Å². The van der Waals surface area contributed by atoms with Crippen molar-refractivity contribution in [3.05, 3.63) is 28.2 Å². The third-order valence-electron chi connectivity index (χ3n) is 4.23. The number of nitrogens with one attached hydrogen (secondary N) is 1. The van der Waals surface area contributed by atoms with Crippen LogP contribution in [0.2, 0.25) is 0 Å². The van der Waals surface area contributed by atoms with Crippen LogP contribution in [0.5, 0.6) is 5.75 Å². The van der Waals surface area contributed by atoms with Gasteiger partial charge in [0.05, 0.1) is 7.11 Å². The first kappa shape index (κ1) is 13.9. The molecule has 0 heterocycles. The Balaban J connectivity index is 2.40. The molecule has 0 aromatic heterocycles. The zero-order chi connectivity index (χ0) is 13.2. The molecular weight excluding hydrogens is 290 g/mol. The van der Waals surface area contributed by atoms with Crippen molar-refractivity contribution < 1.29 is 4.74 Å². The van der Waals surface area contributed by atoms with Crippen LogP contribution in [0, 0.1) is 5.41 Å². The molecule has 100 valence electrons. The lowest BCUT2D eigenvalue weighted by Crippen LogP contribution is -2.32. The lowest BCUT2D eigenvalue weighted by atomic mass is 9.77. The number of benzene rings is 1. The molecule has 1 N–H and O–H groups in total. The Hall–Kier alpha value is -0.540. The first-order chi connectivity index (χ1) is 8.60. The zero-order valence-corrected chi connectivity index (χ0v) is 13.0. The number of halogens is 1. The molecule has 0 amide bonds. The summed E-state index contributed by atoms with van der Waals surface area (Å²) in [6.45, 7) is 2.39. The summed E-state index contributed by atoms with van der Waals surface area (Å²) < 4.78 is 6.64. The van der Waals surface area contributed by atoms with Crippen LogP contribution in [0.4, 0.5) is 0 Å². The van der Waals surface area contributed by atoms with Gasteiger partial charge in [0.15, 0.2) is 0 Å². The van der Waals surface area contributed by atoms with Crippen molar-refractivity contribution in [2.24, 2.45) is 5.41 Å². The predicted octanol–water partition coefficient (Wildman–Crippen LogP) is 4.30. The first-order valence-corrected chi connectivity index (χ1v) is 7.41. The van der Waals surface area contributed by atoms with Gasteiger partial charge in [0, 0.05) is 16.1 Å². The van der Waals surface area contributed by atoms with Gasteiger partial charge in [-0.15, -0.1) is 0 Å². The lowest BCUT2D eigenvalue weighted by molar-refractivity contribution is 0.228. The van der Waals surface area contributed by atoms with Gasteiger partial charge in [0.1, 0.15) is 5.75 Å². The molecule has 1 saturated carbocycles. The lowest BCUT2D eigenvalue weighted by Gasteiger charge is -2.35. The van der Waals surface area contributed by atoms with Gasteiger partial charge in [-0.05, 0) is 43.5 Å². The van der Waals surface area contributed by atoms with E-state index in [-0.39, 0.29) is 0 Å². The minimum absolute atomic E-state index is 0.336. The topological polar surface area (TPSA) is 21.3 Å². The minimum Gasteiger partial charge on any atom is -0.496 e. The summed E-state index contributed by atoms with van der Waals surface area (Å²) in [4.78, 5) is 0. The van der Waals surface area contributed by atoms with Crippen LogP contribution in [0.1, 0.15) is 44.2 Å². The van der Waals surface area contributed by atoms with Crippen molar-refractivity contribution in [3.63, 3.8) is 0 Å². The van der Waals surface area contributed by atoms with Crippen LogP contribution in [-0.2, 0) is 0 Å². The Kier molecular flexibility index (Phi) is 4.33. The van der Waals surface area contributed by atoms with E-state index < -0.39 is 0 Å². The quantitative estimate of drug-likeness (QED) is 0.895. The summed E-state index contributed by atoms with van der Waals surface area (Å²) in [5, 5.41) is 3.50. The molecule has 0 saturated heterocycles. The number of ether oxygens (including phenoxy) is 1. The maximum atomic E-state index is 5.53. The number of rotatable bonds is 4. The summed E-state index contributed by atoms with van der Waals surface area (Å²) in [5.41, 5.74) is 1.60. The Bertz CT molecular complexity index is 413. The van der Waals surface area contributed by atoms with Crippen molar-refractivity contribution in [2.75, 3.05) is 14.2 Å². The number of methoxy groups -OCH3 is 1. The van der Waals surface area contributed by atoms with E-state index in [0.29, 0.717) is 11.5 Å². The molecule has 1 aliphatic rings. The van der Waals surface area contributed by atoms with Crippen LogP contribution < -0.4 is 10.1 Å². The molecule has 1 aliphatic carbocycles. The van der Waals surface area contributed by atoms with Gasteiger partial charge in [-0.2, -0.15) is 0 Å². The second-order valence-corrected chi connectivity index (χ2v) is 6.38. The fourth-order valence-electron chi connectivity index (χ4n) is 3.28. The third kappa shape index (κ3) is 2.57. The SMILES string of the molecule is CNC(c1cc(Br)ccc1OC)C1(C)CCCC1. The van der Waals surface area contributed by atoms with Gasteiger partial charge in [0.2, 0.25) is 0 Å². The fraction of sp³-hybridized carbons (Fsp3) is 0.600. The maximum absolute atomic E-state index is 5.53. The molecule has 0 radical (unpaired) electrons. The van der Waals surface area contributed by atoms with E-state index in [9.17, 15) is 0 Å². The van der Waals surface area contributed by atoms with Gasteiger partial charge in [0.25, 0.3) is 0 Å². The van der Waals surface area contributed by atoms with E-state index in [4.69, 9.17) is 4.74 Å². The van der Waals surface area contributed by atoms with E-state index in [0.717, 1.165) is 10.2 Å². The van der Waals surface area contributed by atoms with Gasteiger partial charge >= 0.3 is 0 Å². The first-order valence-electron chi connectivity index (χ1n) is 6.61. The standard InChI is InChI=1S/C15H22BrNO/c1-15(8-4-5-9-15)14(17-2)12-10-11(16)6-7-13(12)18-3/h6-7,10,14,17H,4-5,8-9H2,1-3H3. The van der Waals surface area contributed by atoms with Crippen molar-refractivity contribution >= 4 is 15.9 Å². The van der Waals surface area contributed by atoms with Gasteiger partial charge in [-0.1, -0.05) is 35.7 Å². The molecule has 18 heavy (non-hydrogen) atoms. The van der Waals surface area contributed by atoms with Crippen molar-refractivity contribution in [3.8, 4) is 5.75 Å². The smallest absolute Gasteiger partial charge is 0.123 e. The number of hydrogen-bond acceptors (Lipinski definition) is 2. The second kappa shape index (κ2) is 5.62. The molecule has 1 aromatic rings. The Labute approximate surface area is 118 Å². The molecule has 1 aromatic carbocycles. The molecule has 0 aliphatic heterocycles. The Morgan fingerprint density at radius 2 is 2.00 bits per heavy atom. The van der Waals surface area contributed by atoms with Crippen LogP contribution in [0.3, 0.4) is 0 Å². The summed E-state index contributed by atoms with van der Waals surface area (Å²) in [6.07, 6.45) is 5.25. The van der Waals surface area contributed by atoms with E-state index in [1.807, 2.05) is 12.1 Å². The molecule has 1 atom stereocenters. The highest BCUT2D eigenvalue weighted by Crippen LogP contribution is 2.49. The maximum Gasteiger partial charge on any atom is 0.123 e. The molecular formula is C15H22BrNO. The zero-order valence-electron chi connectivity index (χ0n) is 11.4. The summed E-state index contributed by atoms with van der Waals surface area (Å²) >= 11 is 3.57. The van der Waals surface area contributed by atoms with E-state index in [1.54, 1.807) is 7.11 Å². The molecule has 1 fully saturated rings. The molecule has 2 nitrogen and oxygen atoms in total. The second-order valence-electron chi connectivity index (χ2n) is 5.47. The highest BCUT2D eigenvalue weighted by molar-refractivity contribution is 9.10. The average molecular weight is 312 g/mol. The molecule has 2 rings (SSSR count). The van der Waals surface area contributed by atoms with Crippen LogP contribution >= 0.6 is 15.9 Å². The van der Waals surface area contributed by atoms with E-state index >= 15 is 0 Å². The van der Waals surface area contributed by atoms with E-state index in [2.05, 4.69) is 41.3 Å². The van der Waals surface area contributed by atoms with Crippen LogP contribution in [0.25, 0.3) is 0 Å². The monoisotopic (exact) mass is 311 g/mol. The third-order valence-corrected chi connectivity index (χ3v) is 4.73. The highest BCUT2D eigenvalue weighted by Gasteiger charge is 2.38. The molecule has 3 heteroatoms. The predicted molar refractivity (Wildman–Crippen MR) is 79.1 cm³/mol.